The van der Waals surface area contributed by atoms with E-state index in [9.17, 15) is 19.8 Å². The first kappa shape index (κ1) is 18.6. The van der Waals surface area contributed by atoms with E-state index < -0.39 is 11.9 Å². The van der Waals surface area contributed by atoms with Gasteiger partial charge < -0.3 is 10.2 Å². The Morgan fingerprint density at radius 3 is 1.44 bits per heavy atom. The van der Waals surface area contributed by atoms with Crippen molar-refractivity contribution in [1.82, 2.24) is 19.9 Å². The van der Waals surface area contributed by atoms with E-state index in [-0.39, 0.29) is 11.4 Å². The number of aromatic nitrogens is 4. The fourth-order valence-corrected chi connectivity index (χ4v) is 4.55. The summed E-state index contributed by atoms with van der Waals surface area (Å²) in [5.74, 6) is -2.16. The van der Waals surface area contributed by atoms with Crippen LogP contribution in [0, 0.1) is 0 Å². The summed E-state index contributed by atoms with van der Waals surface area (Å²) < 4.78 is 0. The number of aromatic carboxylic acids is 2. The number of fused-ring (bicyclic) bond motifs is 7. The highest BCUT2D eigenvalue weighted by atomic mass is 16.4. The molecule has 6 rings (SSSR count). The number of carboxylic acids is 2. The van der Waals surface area contributed by atoms with Crippen molar-refractivity contribution >= 4 is 23.0 Å². The van der Waals surface area contributed by atoms with E-state index in [1.807, 2.05) is 0 Å². The molecule has 0 spiro atoms. The van der Waals surface area contributed by atoms with Crippen molar-refractivity contribution in [2.24, 2.45) is 0 Å². The molecule has 8 nitrogen and oxygen atoms in total. The van der Waals surface area contributed by atoms with Gasteiger partial charge in [-0.25, -0.2) is 29.5 Å². The third kappa shape index (κ3) is 2.76. The lowest BCUT2D eigenvalue weighted by Crippen LogP contribution is -2.13. The Hall–Kier alpha value is -4.20. The number of carboxylic acid groups (broad SMARTS) is 2. The van der Waals surface area contributed by atoms with Gasteiger partial charge in [0.1, 0.15) is 11.4 Å². The predicted octanol–water partition coefficient (Wildman–Crippen LogP) is 3.35. The van der Waals surface area contributed by atoms with Gasteiger partial charge in [0.25, 0.3) is 0 Å². The van der Waals surface area contributed by atoms with Gasteiger partial charge in [0, 0.05) is 5.39 Å². The fraction of sp³-hybridized carbons (Fsp3) is 0.167. The second-order valence-electron chi connectivity index (χ2n) is 8.06. The van der Waals surface area contributed by atoms with Crippen LogP contribution in [-0.4, -0.2) is 42.1 Å². The van der Waals surface area contributed by atoms with Crippen molar-refractivity contribution in [3.8, 4) is 22.8 Å². The molecule has 2 aliphatic rings. The molecule has 0 bridgehead atoms. The molecule has 0 atom stereocenters. The Bertz CT molecular complexity index is 1390. The Morgan fingerprint density at radius 2 is 1.00 bits per heavy atom. The molecule has 0 amide bonds. The van der Waals surface area contributed by atoms with E-state index in [0.29, 0.717) is 28.4 Å². The van der Waals surface area contributed by atoms with Crippen LogP contribution < -0.4 is 0 Å². The van der Waals surface area contributed by atoms with Gasteiger partial charge in [-0.1, -0.05) is 12.1 Å². The monoisotopic (exact) mass is 424 g/mol. The zero-order chi connectivity index (χ0) is 22.0. The maximum atomic E-state index is 11.4. The summed E-state index contributed by atoms with van der Waals surface area (Å²) >= 11 is 0. The quantitative estimate of drug-likeness (QED) is 0.502. The minimum atomic E-state index is -1.08. The highest BCUT2D eigenvalue weighted by Gasteiger charge is 2.25. The number of hydrogen-bond donors (Lipinski definition) is 2. The van der Waals surface area contributed by atoms with Crippen molar-refractivity contribution < 1.29 is 19.8 Å². The number of pyridine rings is 4. The summed E-state index contributed by atoms with van der Waals surface area (Å²) in [4.78, 5) is 41.1. The largest absolute Gasteiger partial charge is 0.477 e. The highest BCUT2D eigenvalue weighted by Crippen LogP contribution is 2.36. The SMILES string of the molecule is O=C(O)c1ccc2c(n1)-c1nc3nc4c(cc3cc1CC2)CCc1ccc(C(=O)O)nc1-4. The normalized spacial score (nSPS) is 13.6. The standard InChI is InChI=1S/C24H16N4O4/c29-23(30)16-7-5-11-1-3-13-9-15-10-14-4-2-12-6-8-17(24(31)32)26-19(12)21(14)28-22(15)27-20(13)18(11)25-16/h5-10H,1-4H2,(H,29,30)(H,31,32). The van der Waals surface area contributed by atoms with Crippen molar-refractivity contribution in [2.75, 3.05) is 0 Å². The van der Waals surface area contributed by atoms with Gasteiger partial charge in [0.05, 0.1) is 22.8 Å². The van der Waals surface area contributed by atoms with Crippen LogP contribution in [0.4, 0.5) is 0 Å². The van der Waals surface area contributed by atoms with Crippen LogP contribution in [0.2, 0.25) is 0 Å². The molecule has 0 aliphatic heterocycles. The lowest BCUT2D eigenvalue weighted by atomic mass is 9.89. The minimum Gasteiger partial charge on any atom is -0.477 e. The van der Waals surface area contributed by atoms with Crippen LogP contribution >= 0.6 is 0 Å². The van der Waals surface area contributed by atoms with Gasteiger partial charge in [-0.05, 0) is 72.2 Å². The molecule has 8 heteroatoms. The molecule has 0 radical (unpaired) electrons. The third-order valence-electron chi connectivity index (χ3n) is 6.13. The van der Waals surface area contributed by atoms with E-state index in [1.165, 1.54) is 12.1 Å². The molecule has 2 N–H and O–H groups in total. The van der Waals surface area contributed by atoms with Gasteiger partial charge in [-0.15, -0.1) is 0 Å². The smallest absolute Gasteiger partial charge is 0.354 e. The topological polar surface area (TPSA) is 126 Å². The zero-order valence-electron chi connectivity index (χ0n) is 16.8. The van der Waals surface area contributed by atoms with E-state index in [4.69, 9.17) is 9.97 Å². The number of carbonyl (C=O) groups is 2. The van der Waals surface area contributed by atoms with Gasteiger partial charge in [0.15, 0.2) is 5.65 Å². The third-order valence-corrected chi connectivity index (χ3v) is 6.13. The van der Waals surface area contributed by atoms with Crippen molar-refractivity contribution in [3.05, 3.63) is 70.0 Å². The number of nitrogens with zero attached hydrogens (tertiary/aromatic N) is 4. The molecule has 4 aromatic rings. The number of rotatable bonds is 2. The predicted molar refractivity (Wildman–Crippen MR) is 115 cm³/mol. The maximum absolute atomic E-state index is 11.4. The summed E-state index contributed by atoms with van der Waals surface area (Å²) in [6, 6.07) is 10.7. The van der Waals surface area contributed by atoms with Crippen molar-refractivity contribution in [2.45, 2.75) is 25.7 Å². The lowest BCUT2D eigenvalue weighted by Gasteiger charge is -2.21. The Kier molecular flexibility index (Phi) is 3.86. The van der Waals surface area contributed by atoms with Gasteiger partial charge in [-0.3, -0.25) is 0 Å². The van der Waals surface area contributed by atoms with Crippen LogP contribution in [0.5, 0.6) is 0 Å². The molecule has 0 saturated carbocycles. The number of aryl methyl sites for hydroxylation is 4. The summed E-state index contributed by atoms with van der Waals surface area (Å²) in [5, 5.41) is 19.6. The highest BCUT2D eigenvalue weighted by molar-refractivity contribution is 5.89. The van der Waals surface area contributed by atoms with Crippen LogP contribution in [-0.2, 0) is 25.7 Å². The first-order chi connectivity index (χ1) is 15.5. The van der Waals surface area contributed by atoms with Crippen LogP contribution in [0.25, 0.3) is 33.8 Å². The first-order valence-electron chi connectivity index (χ1n) is 10.3. The first-order valence-corrected chi connectivity index (χ1v) is 10.3. The average Bonchev–Trinajstić information content (AvgIpc) is 2.80. The summed E-state index contributed by atoms with van der Waals surface area (Å²) in [6.45, 7) is 0. The molecule has 2 aliphatic carbocycles. The molecule has 0 saturated heterocycles. The van der Waals surface area contributed by atoms with Crippen LogP contribution in [0.15, 0.2) is 36.4 Å². The maximum Gasteiger partial charge on any atom is 0.354 e. The molecular formula is C24H16N4O4. The molecule has 0 aromatic carbocycles. The van der Waals surface area contributed by atoms with Crippen molar-refractivity contribution in [3.63, 3.8) is 0 Å². The molecule has 0 fully saturated rings. The van der Waals surface area contributed by atoms with Crippen LogP contribution in [0.1, 0.15) is 43.2 Å². The Labute approximate surface area is 181 Å². The second kappa shape index (κ2) is 6.65. The van der Waals surface area contributed by atoms with Gasteiger partial charge in [0.2, 0.25) is 0 Å². The lowest BCUT2D eigenvalue weighted by molar-refractivity contribution is 0.0680. The summed E-state index contributed by atoms with van der Waals surface area (Å²) in [7, 11) is 0. The minimum absolute atomic E-state index is 0.0174. The van der Waals surface area contributed by atoms with Crippen molar-refractivity contribution in [1.29, 1.82) is 0 Å². The molecule has 4 aromatic heterocycles. The molecule has 0 unspecified atom stereocenters. The van der Waals surface area contributed by atoms with Gasteiger partial charge in [-0.2, -0.15) is 0 Å². The zero-order valence-corrected chi connectivity index (χ0v) is 16.8. The average molecular weight is 424 g/mol. The Morgan fingerprint density at radius 1 is 0.594 bits per heavy atom. The van der Waals surface area contributed by atoms with E-state index >= 15 is 0 Å². The van der Waals surface area contributed by atoms with E-state index in [0.717, 1.165) is 53.3 Å². The summed E-state index contributed by atoms with van der Waals surface area (Å²) in [6.07, 6.45) is 3.14. The van der Waals surface area contributed by atoms with Crippen LogP contribution in [0.3, 0.4) is 0 Å². The second-order valence-corrected chi connectivity index (χ2v) is 8.06. The molecule has 4 heterocycles. The Balaban J connectivity index is 1.56. The molecule has 32 heavy (non-hydrogen) atoms. The van der Waals surface area contributed by atoms with E-state index in [2.05, 4.69) is 22.1 Å². The van der Waals surface area contributed by atoms with E-state index in [1.54, 1.807) is 12.1 Å². The number of hydrogen-bond acceptors (Lipinski definition) is 6. The fourth-order valence-electron chi connectivity index (χ4n) is 4.55. The molecular weight excluding hydrogens is 408 g/mol. The molecule has 156 valence electrons. The van der Waals surface area contributed by atoms with Gasteiger partial charge >= 0.3 is 11.9 Å². The summed E-state index contributed by atoms with van der Waals surface area (Å²) in [5.41, 5.74) is 6.90.